The van der Waals surface area contributed by atoms with Crippen LogP contribution in [0.4, 0.5) is 10.2 Å². The summed E-state index contributed by atoms with van der Waals surface area (Å²) in [5.41, 5.74) is 9.78. The molecule has 0 fully saturated rings. The number of likely N-dealkylation sites (N-methyl/N-ethyl adjacent to an activating group) is 1. The molecule has 0 saturated heterocycles. The zero-order chi connectivity index (χ0) is 19.1. The van der Waals surface area contributed by atoms with Gasteiger partial charge in [0.25, 0.3) is 0 Å². The molecule has 4 rings (SSSR count). The van der Waals surface area contributed by atoms with Crippen LogP contribution in [-0.2, 0) is 4.79 Å². The second-order valence-corrected chi connectivity index (χ2v) is 6.71. The molecule has 138 valence electrons. The molecule has 5 nitrogen and oxygen atoms in total. The Morgan fingerprint density at radius 2 is 1.78 bits per heavy atom. The number of aromatic nitrogens is 2. The average Bonchev–Trinajstić information content (AvgIpc) is 3.02. The van der Waals surface area contributed by atoms with Crippen LogP contribution >= 0.6 is 0 Å². The second-order valence-electron chi connectivity index (χ2n) is 6.71. The highest BCUT2D eigenvalue weighted by Crippen LogP contribution is 2.42. The SMILES string of the molecule is CCN1C(=O)[C@@H](N)[C@H](c2ccc(F)cc2)c2c(C)nn(-c3ccccc3)c21. The van der Waals surface area contributed by atoms with Crippen LogP contribution in [0, 0.1) is 12.7 Å². The molecule has 0 radical (unpaired) electrons. The van der Waals surface area contributed by atoms with Gasteiger partial charge in [0.1, 0.15) is 11.6 Å². The van der Waals surface area contributed by atoms with Crippen molar-refractivity contribution in [1.82, 2.24) is 9.78 Å². The summed E-state index contributed by atoms with van der Waals surface area (Å²) in [7, 11) is 0. The lowest BCUT2D eigenvalue weighted by atomic mass is 9.81. The number of nitrogens with zero attached hydrogens (tertiary/aromatic N) is 3. The van der Waals surface area contributed by atoms with Gasteiger partial charge in [0.2, 0.25) is 5.91 Å². The summed E-state index contributed by atoms with van der Waals surface area (Å²) in [5, 5.41) is 4.72. The summed E-state index contributed by atoms with van der Waals surface area (Å²) in [5.74, 6) is -0.103. The minimum Gasteiger partial charge on any atom is -0.319 e. The highest BCUT2D eigenvalue weighted by molar-refractivity contribution is 6.01. The maximum absolute atomic E-state index is 13.4. The molecule has 2 atom stereocenters. The zero-order valence-electron chi connectivity index (χ0n) is 15.3. The fourth-order valence-electron chi connectivity index (χ4n) is 3.86. The summed E-state index contributed by atoms with van der Waals surface area (Å²) >= 11 is 0. The van der Waals surface area contributed by atoms with E-state index in [9.17, 15) is 9.18 Å². The lowest BCUT2D eigenvalue weighted by Crippen LogP contribution is -2.51. The number of halogens is 1. The van der Waals surface area contributed by atoms with Crippen molar-refractivity contribution >= 4 is 11.7 Å². The van der Waals surface area contributed by atoms with Crippen molar-refractivity contribution in [2.24, 2.45) is 5.73 Å². The van der Waals surface area contributed by atoms with Gasteiger partial charge in [-0.05, 0) is 43.7 Å². The topological polar surface area (TPSA) is 64.2 Å². The lowest BCUT2D eigenvalue weighted by molar-refractivity contribution is -0.120. The molecule has 2 aromatic carbocycles. The number of nitrogens with two attached hydrogens (primary N) is 1. The van der Waals surface area contributed by atoms with Gasteiger partial charge in [0.15, 0.2) is 0 Å². The summed E-state index contributed by atoms with van der Waals surface area (Å²) in [6.07, 6.45) is 0. The number of hydrogen-bond donors (Lipinski definition) is 1. The molecule has 3 aromatic rings. The fraction of sp³-hybridized carbons (Fsp3) is 0.238. The number of carbonyl (C=O) groups excluding carboxylic acids is 1. The van der Waals surface area contributed by atoms with Crippen molar-refractivity contribution < 1.29 is 9.18 Å². The minimum atomic E-state index is -0.741. The first-order chi connectivity index (χ1) is 13.0. The number of rotatable bonds is 3. The largest absolute Gasteiger partial charge is 0.319 e. The molecule has 27 heavy (non-hydrogen) atoms. The van der Waals surface area contributed by atoms with Crippen LogP contribution in [0.2, 0.25) is 0 Å². The van der Waals surface area contributed by atoms with E-state index in [1.807, 2.05) is 44.2 Å². The van der Waals surface area contributed by atoms with Crippen molar-refractivity contribution in [3.05, 3.63) is 77.2 Å². The molecule has 1 aromatic heterocycles. The maximum Gasteiger partial charge on any atom is 0.246 e. The highest BCUT2D eigenvalue weighted by Gasteiger charge is 2.42. The predicted octanol–water partition coefficient (Wildman–Crippen LogP) is 3.15. The van der Waals surface area contributed by atoms with Gasteiger partial charge in [-0.15, -0.1) is 0 Å². The van der Waals surface area contributed by atoms with Crippen LogP contribution in [0.3, 0.4) is 0 Å². The molecule has 1 amide bonds. The first-order valence-corrected chi connectivity index (χ1v) is 9.00. The van der Waals surface area contributed by atoms with Gasteiger partial charge in [0, 0.05) is 18.0 Å². The third-order valence-electron chi connectivity index (χ3n) is 5.10. The van der Waals surface area contributed by atoms with Crippen LogP contribution < -0.4 is 10.6 Å². The van der Waals surface area contributed by atoms with Crippen molar-refractivity contribution in [3.8, 4) is 5.69 Å². The van der Waals surface area contributed by atoms with E-state index in [-0.39, 0.29) is 17.6 Å². The first kappa shape index (κ1) is 17.4. The van der Waals surface area contributed by atoms with Crippen molar-refractivity contribution in [2.75, 3.05) is 11.4 Å². The van der Waals surface area contributed by atoms with Crippen LogP contribution in [-0.4, -0.2) is 28.3 Å². The minimum absolute atomic E-state index is 0.156. The van der Waals surface area contributed by atoms with Crippen LogP contribution in [0.5, 0.6) is 0 Å². The molecule has 2 heterocycles. The van der Waals surface area contributed by atoms with E-state index in [0.717, 1.165) is 28.3 Å². The van der Waals surface area contributed by atoms with E-state index < -0.39 is 6.04 Å². The fourth-order valence-corrected chi connectivity index (χ4v) is 3.86. The Bertz CT molecular complexity index is 981. The van der Waals surface area contributed by atoms with Gasteiger partial charge in [-0.2, -0.15) is 5.10 Å². The summed E-state index contributed by atoms with van der Waals surface area (Å²) in [6, 6.07) is 15.1. The number of amides is 1. The summed E-state index contributed by atoms with van der Waals surface area (Å²) in [6.45, 7) is 4.34. The quantitative estimate of drug-likeness (QED) is 0.776. The normalized spacial score (nSPS) is 19.3. The van der Waals surface area contributed by atoms with Gasteiger partial charge >= 0.3 is 0 Å². The average molecular weight is 364 g/mol. The van der Waals surface area contributed by atoms with Gasteiger partial charge in [-0.25, -0.2) is 9.07 Å². The Hall–Kier alpha value is -2.99. The van der Waals surface area contributed by atoms with Crippen molar-refractivity contribution in [2.45, 2.75) is 25.8 Å². The maximum atomic E-state index is 13.4. The molecule has 1 aliphatic rings. The Labute approximate surface area is 157 Å². The lowest BCUT2D eigenvalue weighted by Gasteiger charge is -2.36. The number of fused-ring (bicyclic) bond motifs is 1. The molecule has 0 spiro atoms. The highest BCUT2D eigenvalue weighted by atomic mass is 19.1. The molecule has 0 bridgehead atoms. The van der Waals surface area contributed by atoms with Crippen molar-refractivity contribution in [1.29, 1.82) is 0 Å². The van der Waals surface area contributed by atoms with Gasteiger partial charge < -0.3 is 5.73 Å². The van der Waals surface area contributed by atoms with Gasteiger partial charge in [0.05, 0.1) is 17.4 Å². The molecular formula is C21H21FN4O. The van der Waals surface area contributed by atoms with E-state index in [4.69, 9.17) is 10.8 Å². The predicted molar refractivity (Wildman–Crippen MR) is 103 cm³/mol. The first-order valence-electron chi connectivity index (χ1n) is 9.00. The second kappa shape index (κ2) is 6.63. The molecule has 6 heteroatoms. The number of carbonyl (C=O) groups is 1. The van der Waals surface area contributed by atoms with Gasteiger partial charge in [-0.1, -0.05) is 30.3 Å². The Kier molecular flexibility index (Phi) is 4.28. The third-order valence-corrected chi connectivity index (χ3v) is 5.10. The Balaban J connectivity index is 1.97. The number of aryl methyl sites for hydroxylation is 1. The summed E-state index contributed by atoms with van der Waals surface area (Å²) < 4.78 is 15.2. The van der Waals surface area contributed by atoms with Crippen molar-refractivity contribution in [3.63, 3.8) is 0 Å². The zero-order valence-corrected chi connectivity index (χ0v) is 15.3. The number of hydrogen-bond acceptors (Lipinski definition) is 3. The number of para-hydroxylation sites is 1. The van der Waals surface area contributed by atoms with Crippen LogP contribution in [0.1, 0.15) is 29.7 Å². The van der Waals surface area contributed by atoms with E-state index in [2.05, 4.69) is 0 Å². The standard InChI is InChI=1S/C21H21FN4O/c1-3-25-20-17(13(2)24-26(20)16-7-5-4-6-8-16)18(19(23)21(25)27)14-9-11-15(22)12-10-14/h4-12,18-19H,3,23H2,1-2H3/t18-,19+/m1/s1. The van der Waals surface area contributed by atoms with E-state index in [0.29, 0.717) is 6.54 Å². The molecular weight excluding hydrogens is 343 g/mol. The molecule has 0 saturated carbocycles. The van der Waals surface area contributed by atoms with E-state index >= 15 is 0 Å². The molecule has 0 aliphatic carbocycles. The molecule has 1 aliphatic heterocycles. The Morgan fingerprint density at radius 1 is 1.11 bits per heavy atom. The monoisotopic (exact) mass is 364 g/mol. The Morgan fingerprint density at radius 3 is 2.41 bits per heavy atom. The molecule has 2 N–H and O–H groups in total. The summed E-state index contributed by atoms with van der Waals surface area (Å²) in [4.78, 5) is 14.7. The number of anilines is 1. The van der Waals surface area contributed by atoms with E-state index in [1.54, 1.807) is 21.7 Å². The van der Waals surface area contributed by atoms with Crippen LogP contribution in [0.15, 0.2) is 54.6 Å². The smallest absolute Gasteiger partial charge is 0.246 e. The van der Waals surface area contributed by atoms with Crippen LogP contribution in [0.25, 0.3) is 5.69 Å². The van der Waals surface area contributed by atoms with Gasteiger partial charge in [-0.3, -0.25) is 9.69 Å². The van der Waals surface area contributed by atoms with E-state index in [1.165, 1.54) is 12.1 Å². The molecule has 0 unspecified atom stereocenters. The third kappa shape index (κ3) is 2.73. The number of benzene rings is 2.